The smallest absolute Gasteiger partial charge is 0.216 e. The first-order valence-electron chi connectivity index (χ1n) is 6.10. The van der Waals surface area contributed by atoms with Crippen LogP contribution in [0.4, 0.5) is 0 Å². The summed E-state index contributed by atoms with van der Waals surface area (Å²) in [6.45, 7) is 1.32. The molecule has 1 unspecified atom stereocenters. The number of aliphatic hydroxyl groups is 1. The highest BCUT2D eigenvalue weighted by atomic mass is 32.2. The van der Waals surface area contributed by atoms with Crippen LogP contribution in [0.3, 0.4) is 0 Å². The van der Waals surface area contributed by atoms with E-state index < -0.39 is 15.3 Å². The Morgan fingerprint density at radius 2 is 1.84 bits per heavy atom. The Hall–Kier alpha value is -1.43. The summed E-state index contributed by atoms with van der Waals surface area (Å²) in [5.74, 6) is 0. The van der Waals surface area contributed by atoms with Gasteiger partial charge in [-0.2, -0.15) is 0 Å². The summed E-state index contributed by atoms with van der Waals surface area (Å²) in [5, 5.41) is 10.2. The second kappa shape index (κ2) is 5.69. The molecule has 2 rings (SSSR count). The number of benzene rings is 2. The van der Waals surface area contributed by atoms with Gasteiger partial charge in [-0.15, -0.1) is 0 Å². The Morgan fingerprint density at radius 1 is 1.16 bits per heavy atom. The van der Waals surface area contributed by atoms with E-state index in [-0.39, 0.29) is 13.2 Å². The number of sulfonamides is 1. The fraction of sp³-hybridized carbons (Fsp3) is 0.286. The number of fused-ring (bicyclic) bond motifs is 1. The van der Waals surface area contributed by atoms with Crippen molar-refractivity contribution in [3.63, 3.8) is 0 Å². The number of nitrogens with one attached hydrogen (secondary N) is 1. The van der Waals surface area contributed by atoms with Crippen LogP contribution in [0, 0.1) is 0 Å². The quantitative estimate of drug-likeness (QED) is 0.874. The van der Waals surface area contributed by atoms with Gasteiger partial charge in [0.25, 0.3) is 0 Å². The first-order chi connectivity index (χ1) is 9.04. The van der Waals surface area contributed by atoms with Gasteiger partial charge in [-0.1, -0.05) is 42.5 Å². The zero-order valence-corrected chi connectivity index (χ0v) is 11.5. The van der Waals surface area contributed by atoms with Crippen LogP contribution in [0.15, 0.2) is 42.5 Å². The normalized spacial score (nSPS) is 13.6. The van der Waals surface area contributed by atoms with Gasteiger partial charge in [0.2, 0.25) is 10.0 Å². The number of hydrogen-bond donors (Lipinski definition) is 2. The van der Waals surface area contributed by atoms with Crippen molar-refractivity contribution < 1.29 is 13.5 Å². The molecule has 0 spiro atoms. The molecule has 0 saturated heterocycles. The van der Waals surface area contributed by atoms with E-state index in [1.54, 1.807) is 0 Å². The Bertz CT molecular complexity index is 662. The predicted octanol–water partition coefficient (Wildman–Crippen LogP) is 1.64. The molecule has 0 fully saturated rings. The van der Waals surface area contributed by atoms with E-state index in [0.29, 0.717) is 0 Å². The molecule has 19 heavy (non-hydrogen) atoms. The third-order valence-electron chi connectivity index (χ3n) is 3.13. The van der Waals surface area contributed by atoms with Crippen LogP contribution in [0.2, 0.25) is 0 Å². The molecule has 0 aliphatic heterocycles. The van der Waals surface area contributed by atoms with Gasteiger partial charge in [0.05, 0.1) is 11.9 Å². The summed E-state index contributed by atoms with van der Waals surface area (Å²) in [6, 6.07) is 13.6. The first-order valence-corrected chi connectivity index (χ1v) is 7.65. The maximum Gasteiger partial charge on any atom is 0.216 e. The molecule has 2 N–H and O–H groups in total. The molecular formula is C14H17NO3S. The van der Waals surface area contributed by atoms with E-state index in [4.69, 9.17) is 5.11 Å². The minimum absolute atomic E-state index is 0.230. The van der Waals surface area contributed by atoms with Gasteiger partial charge in [-0.05, 0) is 23.3 Å². The molecule has 0 aliphatic carbocycles. The molecule has 0 heterocycles. The van der Waals surface area contributed by atoms with Crippen molar-refractivity contribution in [2.75, 3.05) is 6.61 Å². The van der Waals surface area contributed by atoms with Gasteiger partial charge >= 0.3 is 0 Å². The number of aliphatic hydroxyl groups excluding tert-OH is 1. The molecule has 2 aromatic carbocycles. The third-order valence-corrected chi connectivity index (χ3v) is 4.89. The number of rotatable bonds is 5. The molecule has 0 saturated carbocycles. The van der Waals surface area contributed by atoms with Crippen LogP contribution in [-0.4, -0.2) is 25.4 Å². The second-order valence-corrected chi connectivity index (χ2v) is 6.68. The van der Waals surface area contributed by atoms with Gasteiger partial charge in [0, 0.05) is 6.54 Å². The molecule has 0 aromatic heterocycles. The van der Waals surface area contributed by atoms with Crippen LogP contribution in [0.5, 0.6) is 0 Å². The number of hydrogen-bond acceptors (Lipinski definition) is 3. The fourth-order valence-electron chi connectivity index (χ4n) is 1.87. The molecule has 2 aromatic rings. The lowest BCUT2D eigenvalue weighted by Gasteiger charge is -2.12. The summed E-state index contributed by atoms with van der Waals surface area (Å²) in [6.07, 6.45) is 0. The summed E-state index contributed by atoms with van der Waals surface area (Å²) in [4.78, 5) is 0. The molecule has 1 atom stereocenters. The SMILES string of the molecule is CC(CO)S(=O)(=O)NCc1cccc2ccccc12. The van der Waals surface area contributed by atoms with Crippen LogP contribution in [0.25, 0.3) is 10.8 Å². The van der Waals surface area contributed by atoms with Gasteiger partial charge in [0.1, 0.15) is 0 Å². The van der Waals surface area contributed by atoms with E-state index in [1.807, 2.05) is 42.5 Å². The highest BCUT2D eigenvalue weighted by Crippen LogP contribution is 2.18. The Balaban J connectivity index is 2.23. The van der Waals surface area contributed by atoms with Gasteiger partial charge in [0.15, 0.2) is 0 Å². The fourth-order valence-corrected chi connectivity index (χ4v) is 2.70. The predicted molar refractivity (Wildman–Crippen MR) is 76.3 cm³/mol. The minimum atomic E-state index is -3.48. The van der Waals surface area contributed by atoms with E-state index in [1.165, 1.54) is 6.92 Å². The second-order valence-electron chi connectivity index (χ2n) is 4.50. The van der Waals surface area contributed by atoms with Crippen LogP contribution < -0.4 is 4.72 Å². The van der Waals surface area contributed by atoms with Gasteiger partial charge in [-0.25, -0.2) is 13.1 Å². The standard InChI is InChI=1S/C14H17NO3S/c1-11(10-16)19(17,18)15-9-13-7-4-6-12-5-2-3-8-14(12)13/h2-8,11,15-16H,9-10H2,1H3. The van der Waals surface area contributed by atoms with Gasteiger partial charge < -0.3 is 5.11 Å². The molecular weight excluding hydrogens is 262 g/mol. The molecule has 0 radical (unpaired) electrons. The van der Waals surface area contributed by atoms with Crippen molar-refractivity contribution in [2.45, 2.75) is 18.7 Å². The molecule has 0 bridgehead atoms. The summed E-state index contributed by atoms with van der Waals surface area (Å²) in [7, 11) is -3.48. The van der Waals surface area contributed by atoms with Crippen molar-refractivity contribution in [3.05, 3.63) is 48.0 Å². The summed E-state index contributed by atoms with van der Waals surface area (Å²) in [5.41, 5.74) is 0.923. The van der Waals surface area contributed by atoms with Crippen molar-refractivity contribution in [1.82, 2.24) is 4.72 Å². The monoisotopic (exact) mass is 279 g/mol. The maximum absolute atomic E-state index is 11.8. The lowest BCUT2D eigenvalue weighted by molar-refractivity contribution is 0.294. The Kier molecular flexibility index (Phi) is 4.19. The third kappa shape index (κ3) is 3.12. The molecule has 0 amide bonds. The zero-order valence-electron chi connectivity index (χ0n) is 10.7. The van der Waals surface area contributed by atoms with Crippen LogP contribution in [-0.2, 0) is 16.6 Å². The lowest BCUT2D eigenvalue weighted by Crippen LogP contribution is -2.34. The van der Waals surface area contributed by atoms with Gasteiger partial charge in [-0.3, -0.25) is 0 Å². The maximum atomic E-state index is 11.8. The summed E-state index contributed by atoms with van der Waals surface area (Å²) >= 11 is 0. The van der Waals surface area contributed by atoms with E-state index in [2.05, 4.69) is 4.72 Å². The lowest BCUT2D eigenvalue weighted by atomic mass is 10.1. The highest BCUT2D eigenvalue weighted by Gasteiger charge is 2.19. The Labute approximate surface area is 113 Å². The molecule has 102 valence electrons. The van der Waals surface area contributed by atoms with E-state index in [0.717, 1.165) is 16.3 Å². The molecule has 5 heteroatoms. The topological polar surface area (TPSA) is 66.4 Å². The van der Waals surface area contributed by atoms with Crippen LogP contribution >= 0.6 is 0 Å². The van der Waals surface area contributed by atoms with Crippen LogP contribution in [0.1, 0.15) is 12.5 Å². The molecule has 0 aliphatic rings. The average molecular weight is 279 g/mol. The summed E-state index contributed by atoms with van der Waals surface area (Å²) < 4.78 is 26.1. The molecule has 4 nitrogen and oxygen atoms in total. The largest absolute Gasteiger partial charge is 0.395 e. The van der Waals surface area contributed by atoms with E-state index in [9.17, 15) is 8.42 Å². The Morgan fingerprint density at radius 3 is 2.58 bits per heavy atom. The van der Waals surface area contributed by atoms with Crippen molar-refractivity contribution in [2.24, 2.45) is 0 Å². The highest BCUT2D eigenvalue weighted by molar-refractivity contribution is 7.90. The average Bonchev–Trinajstić information content (AvgIpc) is 2.44. The van der Waals surface area contributed by atoms with Crippen molar-refractivity contribution in [1.29, 1.82) is 0 Å². The minimum Gasteiger partial charge on any atom is -0.395 e. The van der Waals surface area contributed by atoms with E-state index >= 15 is 0 Å². The van der Waals surface area contributed by atoms with Crippen molar-refractivity contribution in [3.8, 4) is 0 Å². The zero-order chi connectivity index (χ0) is 13.9. The first kappa shape index (κ1) is 14.0. The van der Waals surface area contributed by atoms with Crippen molar-refractivity contribution >= 4 is 20.8 Å².